The lowest BCUT2D eigenvalue weighted by Gasteiger charge is -2.40. The fourth-order valence-electron chi connectivity index (χ4n) is 2.97. The number of aliphatic hydroxyl groups is 1. The summed E-state index contributed by atoms with van der Waals surface area (Å²) in [5, 5.41) is 9.66. The maximum absolute atomic E-state index is 13.7. The molecule has 1 aliphatic rings. The van der Waals surface area contributed by atoms with Crippen LogP contribution in [0.2, 0.25) is 0 Å². The molecule has 0 radical (unpaired) electrons. The van der Waals surface area contributed by atoms with Crippen molar-refractivity contribution in [1.82, 2.24) is 4.31 Å². The molecular weight excluding hydrogens is 305 g/mol. The SMILES string of the molecule is C=CCC1(CO)CCCN(S(=O)(=O)Cc2ccccc2F)C1. The number of aliphatic hydroxyl groups excluding tert-OH is 1. The predicted octanol–water partition coefficient (Wildman–Crippen LogP) is 2.31. The van der Waals surface area contributed by atoms with Crippen molar-refractivity contribution in [3.63, 3.8) is 0 Å². The lowest BCUT2D eigenvalue weighted by Crippen LogP contribution is -2.48. The molecule has 0 aromatic heterocycles. The summed E-state index contributed by atoms with van der Waals surface area (Å²) in [5.74, 6) is -0.863. The molecule has 1 fully saturated rings. The van der Waals surface area contributed by atoms with Crippen LogP contribution in [0.15, 0.2) is 36.9 Å². The van der Waals surface area contributed by atoms with Crippen molar-refractivity contribution in [3.8, 4) is 0 Å². The van der Waals surface area contributed by atoms with Gasteiger partial charge in [0.2, 0.25) is 10.0 Å². The highest BCUT2D eigenvalue weighted by atomic mass is 32.2. The molecule has 1 unspecified atom stereocenters. The molecule has 0 spiro atoms. The van der Waals surface area contributed by atoms with E-state index in [1.807, 2.05) is 0 Å². The summed E-state index contributed by atoms with van der Waals surface area (Å²) in [6.07, 6.45) is 3.73. The van der Waals surface area contributed by atoms with Crippen molar-refractivity contribution < 1.29 is 17.9 Å². The monoisotopic (exact) mass is 327 g/mol. The van der Waals surface area contributed by atoms with Crippen LogP contribution in [0, 0.1) is 11.2 Å². The second-order valence-corrected chi connectivity index (χ2v) is 7.90. The van der Waals surface area contributed by atoms with Gasteiger partial charge in [-0.15, -0.1) is 6.58 Å². The molecule has 1 atom stereocenters. The maximum Gasteiger partial charge on any atom is 0.218 e. The van der Waals surface area contributed by atoms with Crippen molar-refractivity contribution in [2.45, 2.75) is 25.0 Å². The van der Waals surface area contributed by atoms with E-state index in [0.717, 1.165) is 6.42 Å². The first-order valence-corrected chi connectivity index (χ1v) is 8.96. The molecule has 0 aliphatic carbocycles. The summed E-state index contributed by atoms with van der Waals surface area (Å²) in [6, 6.07) is 5.91. The second kappa shape index (κ2) is 6.89. The third-order valence-corrected chi connectivity index (χ3v) is 6.00. The standard InChI is InChI=1S/C16H22FNO3S/c1-2-8-16(13-19)9-5-10-18(12-16)22(20,21)11-14-6-3-4-7-15(14)17/h2-4,6-7,19H,1,5,8-13H2. The molecule has 6 heteroatoms. The minimum absolute atomic E-state index is 0.0786. The number of nitrogens with zero attached hydrogens (tertiary/aromatic N) is 1. The Morgan fingerprint density at radius 3 is 2.77 bits per heavy atom. The van der Waals surface area contributed by atoms with E-state index < -0.39 is 21.3 Å². The quantitative estimate of drug-likeness (QED) is 0.816. The first-order chi connectivity index (χ1) is 10.4. The molecule has 0 amide bonds. The molecule has 4 nitrogen and oxygen atoms in total. The van der Waals surface area contributed by atoms with Gasteiger partial charge in [0.25, 0.3) is 0 Å². The molecule has 1 aromatic carbocycles. The first kappa shape index (κ1) is 17.1. The fraction of sp³-hybridized carbons (Fsp3) is 0.500. The van der Waals surface area contributed by atoms with Gasteiger partial charge < -0.3 is 5.11 Å². The van der Waals surface area contributed by atoms with Gasteiger partial charge in [0.15, 0.2) is 0 Å². The summed E-state index contributed by atoms with van der Waals surface area (Å²) >= 11 is 0. The number of benzene rings is 1. The fourth-order valence-corrected chi connectivity index (χ4v) is 4.66. The maximum atomic E-state index is 13.7. The van der Waals surface area contributed by atoms with Gasteiger partial charge in [-0.05, 0) is 25.3 Å². The Morgan fingerprint density at radius 2 is 2.14 bits per heavy atom. The van der Waals surface area contributed by atoms with E-state index >= 15 is 0 Å². The molecule has 1 aromatic rings. The van der Waals surface area contributed by atoms with E-state index in [-0.39, 0.29) is 24.5 Å². The van der Waals surface area contributed by atoms with E-state index in [4.69, 9.17) is 0 Å². The van der Waals surface area contributed by atoms with Crippen molar-refractivity contribution in [3.05, 3.63) is 48.3 Å². The highest BCUT2D eigenvalue weighted by Gasteiger charge is 2.38. The largest absolute Gasteiger partial charge is 0.396 e. The van der Waals surface area contributed by atoms with Gasteiger partial charge in [0, 0.05) is 24.1 Å². The normalized spacial score (nSPS) is 23.4. The first-order valence-electron chi connectivity index (χ1n) is 7.35. The number of hydrogen-bond acceptors (Lipinski definition) is 3. The minimum atomic E-state index is -3.61. The third-order valence-electron chi connectivity index (χ3n) is 4.23. The Morgan fingerprint density at radius 1 is 1.41 bits per heavy atom. The minimum Gasteiger partial charge on any atom is -0.396 e. The highest BCUT2D eigenvalue weighted by Crippen LogP contribution is 2.35. The van der Waals surface area contributed by atoms with Crippen LogP contribution in [0.1, 0.15) is 24.8 Å². The highest BCUT2D eigenvalue weighted by molar-refractivity contribution is 7.88. The van der Waals surface area contributed by atoms with E-state index in [9.17, 15) is 17.9 Å². The van der Waals surface area contributed by atoms with Gasteiger partial charge in [0.05, 0.1) is 12.4 Å². The zero-order chi connectivity index (χ0) is 16.2. The van der Waals surface area contributed by atoms with Crippen LogP contribution in [0.25, 0.3) is 0 Å². The van der Waals surface area contributed by atoms with Crippen molar-refractivity contribution in [1.29, 1.82) is 0 Å². The Balaban J connectivity index is 2.18. The van der Waals surface area contributed by atoms with Crippen molar-refractivity contribution >= 4 is 10.0 Å². The van der Waals surface area contributed by atoms with E-state index in [0.29, 0.717) is 19.4 Å². The topological polar surface area (TPSA) is 57.6 Å². The van der Waals surface area contributed by atoms with Gasteiger partial charge in [-0.2, -0.15) is 0 Å². The molecule has 22 heavy (non-hydrogen) atoms. The Kier molecular flexibility index (Phi) is 5.36. The number of piperidine rings is 1. The molecule has 122 valence electrons. The average Bonchev–Trinajstić information content (AvgIpc) is 2.50. The number of rotatable bonds is 6. The van der Waals surface area contributed by atoms with Crippen LogP contribution >= 0.6 is 0 Å². The predicted molar refractivity (Wildman–Crippen MR) is 84.2 cm³/mol. The summed E-state index contributed by atoms with van der Waals surface area (Å²) in [4.78, 5) is 0. The summed E-state index contributed by atoms with van der Waals surface area (Å²) in [7, 11) is -3.61. The number of allylic oxidation sites excluding steroid dienone is 1. The third kappa shape index (κ3) is 3.74. The van der Waals surface area contributed by atoms with Gasteiger partial charge in [-0.1, -0.05) is 24.3 Å². The van der Waals surface area contributed by atoms with Crippen LogP contribution in [-0.4, -0.2) is 37.5 Å². The lowest BCUT2D eigenvalue weighted by atomic mass is 9.79. The Bertz CT molecular complexity index is 632. The average molecular weight is 327 g/mol. The van der Waals surface area contributed by atoms with Crippen LogP contribution in [-0.2, 0) is 15.8 Å². The molecule has 0 saturated carbocycles. The lowest BCUT2D eigenvalue weighted by molar-refractivity contribution is 0.0669. The van der Waals surface area contributed by atoms with Crippen LogP contribution in [0.5, 0.6) is 0 Å². The Labute approximate surface area is 131 Å². The Hall–Kier alpha value is -1.24. The molecule has 1 heterocycles. The summed E-state index contributed by atoms with van der Waals surface area (Å²) in [5.41, 5.74) is -0.297. The van der Waals surface area contributed by atoms with E-state index in [2.05, 4.69) is 6.58 Å². The molecule has 1 aliphatic heterocycles. The summed E-state index contributed by atoms with van der Waals surface area (Å²) in [6.45, 7) is 4.28. The van der Waals surface area contributed by atoms with E-state index in [1.165, 1.54) is 22.5 Å². The zero-order valence-electron chi connectivity index (χ0n) is 12.5. The van der Waals surface area contributed by atoms with Gasteiger partial charge in [-0.3, -0.25) is 0 Å². The van der Waals surface area contributed by atoms with Gasteiger partial charge >= 0.3 is 0 Å². The second-order valence-electron chi connectivity index (χ2n) is 5.94. The van der Waals surface area contributed by atoms with Crippen LogP contribution in [0.4, 0.5) is 4.39 Å². The number of halogens is 1. The van der Waals surface area contributed by atoms with E-state index in [1.54, 1.807) is 12.1 Å². The smallest absolute Gasteiger partial charge is 0.218 e. The molecule has 2 rings (SSSR count). The van der Waals surface area contributed by atoms with Crippen molar-refractivity contribution in [2.75, 3.05) is 19.7 Å². The number of hydrogen-bond donors (Lipinski definition) is 1. The molecular formula is C16H22FNO3S. The van der Waals surface area contributed by atoms with Gasteiger partial charge in [0.1, 0.15) is 5.82 Å². The van der Waals surface area contributed by atoms with Gasteiger partial charge in [-0.25, -0.2) is 17.1 Å². The van der Waals surface area contributed by atoms with Crippen LogP contribution < -0.4 is 0 Å². The molecule has 1 N–H and O–H groups in total. The van der Waals surface area contributed by atoms with Crippen LogP contribution in [0.3, 0.4) is 0 Å². The zero-order valence-corrected chi connectivity index (χ0v) is 13.4. The molecule has 1 saturated heterocycles. The summed E-state index contributed by atoms with van der Waals surface area (Å²) < 4.78 is 40.2. The van der Waals surface area contributed by atoms with Crippen molar-refractivity contribution in [2.24, 2.45) is 5.41 Å². The molecule has 0 bridgehead atoms. The number of sulfonamides is 1.